The van der Waals surface area contributed by atoms with Gasteiger partial charge in [0.1, 0.15) is 5.75 Å². The third-order valence-electron chi connectivity index (χ3n) is 3.99. The lowest BCUT2D eigenvalue weighted by Gasteiger charge is -2.31. The molecule has 0 aliphatic heterocycles. The summed E-state index contributed by atoms with van der Waals surface area (Å²) in [6, 6.07) is 4.72. The number of rotatable bonds is 13. The first-order valence-corrected chi connectivity index (χ1v) is 9.52. The monoisotopic (exact) mass is 410 g/mol. The number of anilines is 1. The van der Waals surface area contributed by atoms with Crippen molar-refractivity contribution in [1.29, 1.82) is 0 Å². The maximum absolute atomic E-state index is 11.9. The molecule has 0 bridgehead atoms. The van der Waals surface area contributed by atoms with Gasteiger partial charge < -0.3 is 30.0 Å². The summed E-state index contributed by atoms with van der Waals surface area (Å²) in [5, 5.41) is 2.73. The zero-order valence-corrected chi connectivity index (χ0v) is 18.3. The summed E-state index contributed by atoms with van der Waals surface area (Å²) in [5.41, 5.74) is 5.66. The number of ether oxygens (including phenoxy) is 4. The Bertz CT molecular complexity index is 688. The van der Waals surface area contributed by atoms with E-state index in [4.69, 9.17) is 24.7 Å². The van der Waals surface area contributed by atoms with Crippen LogP contribution in [0.3, 0.4) is 0 Å². The van der Waals surface area contributed by atoms with Gasteiger partial charge in [-0.1, -0.05) is 0 Å². The Morgan fingerprint density at radius 3 is 2.31 bits per heavy atom. The zero-order valence-electron chi connectivity index (χ0n) is 18.3. The quantitative estimate of drug-likeness (QED) is 0.291. The Labute approximate surface area is 173 Å². The molecule has 0 saturated carbocycles. The number of amides is 1. The van der Waals surface area contributed by atoms with Gasteiger partial charge in [0.2, 0.25) is 0 Å². The molecule has 0 aliphatic rings. The van der Waals surface area contributed by atoms with Crippen LogP contribution >= 0.6 is 0 Å². The first-order valence-electron chi connectivity index (χ1n) is 9.52. The Hall–Kier alpha value is -2.16. The molecule has 0 fully saturated rings. The zero-order chi connectivity index (χ0) is 22.1. The SMILES string of the molecule is COCC(C)(C)OCC(C)(C)OCCNC(=O)COc1ccc(C(C)=O)c(N)c1. The Morgan fingerprint density at radius 1 is 1.07 bits per heavy atom. The number of nitrogen functional groups attached to an aromatic ring is 1. The molecule has 0 heterocycles. The van der Waals surface area contributed by atoms with Crippen molar-refractivity contribution in [2.45, 2.75) is 45.8 Å². The van der Waals surface area contributed by atoms with E-state index in [1.165, 1.54) is 13.0 Å². The lowest BCUT2D eigenvalue weighted by molar-refractivity contribution is -0.136. The van der Waals surface area contributed by atoms with E-state index < -0.39 is 11.2 Å². The van der Waals surface area contributed by atoms with Crippen LogP contribution in [0.25, 0.3) is 0 Å². The van der Waals surface area contributed by atoms with Crippen LogP contribution in [-0.4, -0.2) is 63.0 Å². The number of nitrogens with one attached hydrogen (secondary N) is 1. The van der Waals surface area contributed by atoms with Crippen LogP contribution in [0, 0.1) is 0 Å². The molecule has 8 nitrogen and oxygen atoms in total. The van der Waals surface area contributed by atoms with Crippen molar-refractivity contribution in [1.82, 2.24) is 5.32 Å². The molecule has 0 spiro atoms. The predicted molar refractivity (Wildman–Crippen MR) is 111 cm³/mol. The third-order valence-corrected chi connectivity index (χ3v) is 3.99. The van der Waals surface area contributed by atoms with E-state index in [2.05, 4.69) is 5.32 Å². The number of Topliss-reactive ketones (excluding diaryl/α,β-unsaturated/α-hetero) is 1. The van der Waals surface area contributed by atoms with Crippen LogP contribution in [-0.2, 0) is 19.0 Å². The van der Waals surface area contributed by atoms with Gasteiger partial charge in [0.15, 0.2) is 12.4 Å². The highest BCUT2D eigenvalue weighted by molar-refractivity contribution is 5.99. The van der Waals surface area contributed by atoms with Crippen molar-refractivity contribution < 1.29 is 28.5 Å². The van der Waals surface area contributed by atoms with Crippen LogP contribution in [0.15, 0.2) is 18.2 Å². The minimum atomic E-state index is -0.498. The highest BCUT2D eigenvalue weighted by atomic mass is 16.6. The van der Waals surface area contributed by atoms with Gasteiger partial charge in [0.25, 0.3) is 5.91 Å². The molecule has 0 aromatic heterocycles. The fourth-order valence-electron chi connectivity index (χ4n) is 2.47. The van der Waals surface area contributed by atoms with Gasteiger partial charge in [-0.15, -0.1) is 0 Å². The lowest BCUT2D eigenvalue weighted by atomic mass is 10.1. The first kappa shape index (κ1) is 24.9. The molecule has 1 rings (SSSR count). The molecule has 0 radical (unpaired) electrons. The highest BCUT2D eigenvalue weighted by Gasteiger charge is 2.25. The topological polar surface area (TPSA) is 109 Å². The van der Waals surface area contributed by atoms with Gasteiger partial charge >= 0.3 is 0 Å². The number of ketones is 1. The van der Waals surface area contributed by atoms with Crippen molar-refractivity contribution in [2.75, 3.05) is 45.8 Å². The summed E-state index contributed by atoms with van der Waals surface area (Å²) in [5.74, 6) is 0.0244. The molecular weight excluding hydrogens is 376 g/mol. The lowest BCUT2D eigenvalue weighted by Crippen LogP contribution is -2.40. The number of hydrogen-bond acceptors (Lipinski definition) is 7. The molecular formula is C21H34N2O6. The summed E-state index contributed by atoms with van der Waals surface area (Å²) in [4.78, 5) is 23.3. The van der Waals surface area contributed by atoms with Gasteiger partial charge in [0.05, 0.1) is 31.0 Å². The molecule has 0 aliphatic carbocycles. The van der Waals surface area contributed by atoms with E-state index in [0.29, 0.717) is 43.4 Å². The third kappa shape index (κ3) is 9.74. The van der Waals surface area contributed by atoms with Crippen molar-refractivity contribution in [3.05, 3.63) is 23.8 Å². The highest BCUT2D eigenvalue weighted by Crippen LogP contribution is 2.20. The van der Waals surface area contributed by atoms with Gasteiger partial charge in [0, 0.05) is 31.0 Å². The van der Waals surface area contributed by atoms with E-state index in [0.717, 1.165) is 0 Å². The molecule has 1 aromatic carbocycles. The average Bonchev–Trinajstić information content (AvgIpc) is 2.62. The largest absolute Gasteiger partial charge is 0.484 e. The van der Waals surface area contributed by atoms with Crippen LogP contribution in [0.4, 0.5) is 5.69 Å². The fraction of sp³-hybridized carbons (Fsp3) is 0.619. The molecule has 1 amide bonds. The number of methoxy groups -OCH3 is 1. The Balaban J connectivity index is 2.30. The summed E-state index contributed by atoms with van der Waals surface area (Å²) in [6.45, 7) is 10.6. The van der Waals surface area contributed by atoms with E-state index in [1.807, 2.05) is 27.7 Å². The number of carbonyl (C=O) groups is 2. The Morgan fingerprint density at radius 2 is 1.72 bits per heavy atom. The Kier molecular flexibility index (Phi) is 9.55. The first-order chi connectivity index (χ1) is 13.5. The van der Waals surface area contributed by atoms with Crippen LogP contribution < -0.4 is 15.8 Å². The molecule has 29 heavy (non-hydrogen) atoms. The van der Waals surface area contributed by atoms with E-state index in [1.54, 1.807) is 19.2 Å². The molecule has 8 heteroatoms. The van der Waals surface area contributed by atoms with Gasteiger partial charge in [-0.2, -0.15) is 0 Å². The van der Waals surface area contributed by atoms with Gasteiger partial charge in [-0.3, -0.25) is 9.59 Å². The minimum absolute atomic E-state index is 0.123. The fourth-order valence-corrected chi connectivity index (χ4v) is 2.47. The van der Waals surface area contributed by atoms with E-state index >= 15 is 0 Å². The minimum Gasteiger partial charge on any atom is -0.484 e. The summed E-state index contributed by atoms with van der Waals surface area (Å²) < 4.78 is 22.2. The summed E-state index contributed by atoms with van der Waals surface area (Å²) in [7, 11) is 1.63. The number of benzene rings is 1. The standard InChI is InChI=1S/C21H34N2O6/c1-15(24)17-8-7-16(11-18(17)22)27-12-19(25)23-9-10-28-21(4,5)14-29-20(2,3)13-26-6/h7-8,11H,9-10,12-14,22H2,1-6H3,(H,23,25). The van der Waals surface area contributed by atoms with E-state index in [-0.39, 0.29) is 18.3 Å². The molecule has 0 unspecified atom stereocenters. The van der Waals surface area contributed by atoms with E-state index in [9.17, 15) is 9.59 Å². The van der Waals surface area contributed by atoms with Crippen molar-refractivity contribution >= 4 is 17.4 Å². The predicted octanol–water partition coefficient (Wildman–Crippen LogP) is 2.20. The normalized spacial score (nSPS) is 11.9. The van der Waals surface area contributed by atoms with Crippen LogP contribution in [0.1, 0.15) is 45.0 Å². The molecule has 3 N–H and O–H groups in total. The number of hydrogen-bond donors (Lipinski definition) is 2. The summed E-state index contributed by atoms with van der Waals surface area (Å²) in [6.07, 6.45) is 0. The summed E-state index contributed by atoms with van der Waals surface area (Å²) >= 11 is 0. The van der Waals surface area contributed by atoms with Crippen LogP contribution in [0.2, 0.25) is 0 Å². The molecule has 0 atom stereocenters. The second-order valence-corrected chi connectivity index (χ2v) is 8.03. The van der Waals surface area contributed by atoms with Gasteiger partial charge in [-0.05, 0) is 46.8 Å². The second-order valence-electron chi connectivity index (χ2n) is 8.03. The molecule has 164 valence electrons. The van der Waals surface area contributed by atoms with Crippen molar-refractivity contribution in [3.63, 3.8) is 0 Å². The smallest absolute Gasteiger partial charge is 0.258 e. The van der Waals surface area contributed by atoms with Crippen molar-refractivity contribution in [2.24, 2.45) is 0 Å². The number of nitrogens with two attached hydrogens (primary N) is 1. The maximum atomic E-state index is 11.9. The van der Waals surface area contributed by atoms with Crippen LogP contribution in [0.5, 0.6) is 5.75 Å². The maximum Gasteiger partial charge on any atom is 0.258 e. The number of carbonyl (C=O) groups excluding carboxylic acids is 2. The molecule has 0 saturated heterocycles. The second kappa shape index (κ2) is 11.1. The van der Waals surface area contributed by atoms with Crippen molar-refractivity contribution in [3.8, 4) is 5.75 Å². The average molecular weight is 411 g/mol. The van der Waals surface area contributed by atoms with Gasteiger partial charge in [-0.25, -0.2) is 0 Å². The molecule has 1 aromatic rings.